The number of fused-ring (bicyclic) bond motifs is 1. The van der Waals surface area contributed by atoms with E-state index in [2.05, 4.69) is 10.2 Å². The molecule has 0 saturated heterocycles. The number of carbonyl (C=O) groups is 1. The summed E-state index contributed by atoms with van der Waals surface area (Å²) >= 11 is 0. The maximum Gasteiger partial charge on any atom is 0.338 e. The van der Waals surface area contributed by atoms with Gasteiger partial charge in [-0.05, 0) is 77.6 Å². The zero-order valence-corrected chi connectivity index (χ0v) is 20.8. The second kappa shape index (κ2) is 11.0. The predicted octanol–water partition coefficient (Wildman–Crippen LogP) is 6.48. The van der Waals surface area contributed by atoms with E-state index in [9.17, 15) is 28.8 Å². The summed E-state index contributed by atoms with van der Waals surface area (Å²) < 4.78 is 27.0. The van der Waals surface area contributed by atoms with Crippen molar-refractivity contribution in [3.8, 4) is 0 Å². The molecule has 0 amide bonds. The topological polar surface area (TPSA) is 95.7 Å². The van der Waals surface area contributed by atoms with Crippen LogP contribution in [0.2, 0.25) is 0 Å². The number of benzene rings is 4. The van der Waals surface area contributed by atoms with Crippen molar-refractivity contribution < 1.29 is 23.6 Å². The second-order valence-corrected chi connectivity index (χ2v) is 9.62. The summed E-state index contributed by atoms with van der Waals surface area (Å²) in [7, 11) is 0. The Balaban J connectivity index is 1.37. The van der Waals surface area contributed by atoms with Crippen LogP contribution in [0, 0.1) is 21.7 Å². The van der Waals surface area contributed by atoms with E-state index >= 15 is 0 Å². The van der Waals surface area contributed by atoms with E-state index in [0.29, 0.717) is 18.8 Å². The van der Waals surface area contributed by atoms with Crippen molar-refractivity contribution in [2.24, 2.45) is 0 Å². The van der Waals surface area contributed by atoms with Gasteiger partial charge in [-0.25, -0.2) is 13.6 Å². The number of nitro benzene ring substituents is 1. The van der Waals surface area contributed by atoms with Gasteiger partial charge in [0.2, 0.25) is 0 Å². The van der Waals surface area contributed by atoms with Crippen molar-refractivity contribution in [1.82, 2.24) is 4.90 Å². The number of nitro groups is 1. The molecule has 0 heterocycles. The molecule has 1 unspecified atom stereocenters. The first-order valence-electron chi connectivity index (χ1n) is 12.4. The van der Waals surface area contributed by atoms with Crippen LogP contribution in [-0.4, -0.2) is 26.9 Å². The summed E-state index contributed by atoms with van der Waals surface area (Å²) in [5.41, 5.74) is 4.66. The third-order valence-corrected chi connectivity index (χ3v) is 6.95. The van der Waals surface area contributed by atoms with Gasteiger partial charge in [-0.15, -0.1) is 0 Å². The quantitative estimate of drug-likeness (QED) is 0.190. The van der Waals surface area contributed by atoms with Gasteiger partial charge in [-0.2, -0.15) is 0 Å². The molecule has 0 fully saturated rings. The number of hydrogen-bond acceptors (Lipinski definition) is 5. The number of rotatable bonds is 9. The molecule has 5 rings (SSSR count). The van der Waals surface area contributed by atoms with E-state index in [1.165, 1.54) is 36.4 Å². The minimum absolute atomic E-state index is 0.138. The van der Waals surface area contributed by atoms with Crippen LogP contribution in [0.4, 0.5) is 25.8 Å². The SMILES string of the molecule is O=C(O)c1cc([N+](=O)[O-])ccc1Nc1ccc2c(c1)CC(N(Cc1ccc(F)cc1)Cc1ccc(F)cc1)C2. The van der Waals surface area contributed by atoms with E-state index < -0.39 is 10.9 Å². The predicted molar refractivity (Wildman–Crippen MR) is 143 cm³/mol. The highest BCUT2D eigenvalue weighted by atomic mass is 19.1. The lowest BCUT2D eigenvalue weighted by atomic mass is 10.1. The molecule has 0 aromatic heterocycles. The molecule has 1 aliphatic carbocycles. The number of carboxylic acid groups (broad SMARTS) is 1. The Bertz CT molecular complexity index is 1480. The molecule has 0 spiro atoms. The summed E-state index contributed by atoms with van der Waals surface area (Å²) in [4.78, 5) is 24.5. The van der Waals surface area contributed by atoms with Crippen LogP contribution in [0.5, 0.6) is 0 Å². The first-order valence-corrected chi connectivity index (χ1v) is 12.4. The summed E-state index contributed by atoms with van der Waals surface area (Å²) in [5.74, 6) is -1.85. The van der Waals surface area contributed by atoms with E-state index in [1.54, 1.807) is 24.3 Å². The Kier molecular flexibility index (Phi) is 7.33. The number of anilines is 2. The largest absolute Gasteiger partial charge is 0.478 e. The molecule has 7 nitrogen and oxygen atoms in total. The Morgan fingerprint density at radius 2 is 1.46 bits per heavy atom. The van der Waals surface area contributed by atoms with Crippen LogP contribution >= 0.6 is 0 Å². The summed E-state index contributed by atoms with van der Waals surface area (Å²) in [6.45, 7) is 1.18. The molecular weight excluding hydrogens is 504 g/mol. The van der Waals surface area contributed by atoms with Gasteiger partial charge in [0, 0.05) is 37.0 Å². The smallest absolute Gasteiger partial charge is 0.338 e. The lowest BCUT2D eigenvalue weighted by molar-refractivity contribution is -0.384. The third kappa shape index (κ3) is 6.10. The van der Waals surface area contributed by atoms with Crippen LogP contribution in [0.15, 0.2) is 84.9 Å². The van der Waals surface area contributed by atoms with E-state index in [0.717, 1.165) is 41.2 Å². The zero-order valence-electron chi connectivity index (χ0n) is 20.8. The number of non-ortho nitro benzene ring substituents is 1. The maximum atomic E-state index is 13.5. The van der Waals surface area contributed by atoms with Gasteiger partial charge in [0.05, 0.1) is 16.2 Å². The van der Waals surface area contributed by atoms with Gasteiger partial charge in [0.15, 0.2) is 0 Å². The number of hydrogen-bond donors (Lipinski definition) is 2. The average Bonchev–Trinajstić information content (AvgIpc) is 3.34. The van der Waals surface area contributed by atoms with Crippen LogP contribution in [0.1, 0.15) is 32.6 Å². The number of halogens is 2. The van der Waals surface area contributed by atoms with Crippen LogP contribution in [0.3, 0.4) is 0 Å². The van der Waals surface area contributed by atoms with E-state index in [-0.39, 0.29) is 34.6 Å². The van der Waals surface area contributed by atoms with Gasteiger partial charge >= 0.3 is 5.97 Å². The minimum Gasteiger partial charge on any atom is -0.478 e. The normalized spacial score (nSPS) is 14.3. The minimum atomic E-state index is -1.26. The summed E-state index contributed by atoms with van der Waals surface area (Å²) in [6.07, 6.45) is 1.52. The molecular formula is C30H25F2N3O4. The lowest BCUT2D eigenvalue weighted by Gasteiger charge is -2.29. The highest BCUT2D eigenvalue weighted by Gasteiger charge is 2.28. The molecule has 2 N–H and O–H groups in total. The summed E-state index contributed by atoms with van der Waals surface area (Å²) in [6, 6.07) is 22.5. The number of nitrogens with zero attached hydrogens (tertiary/aromatic N) is 2. The fourth-order valence-corrected chi connectivity index (χ4v) is 4.98. The molecule has 0 bridgehead atoms. The Morgan fingerprint density at radius 3 is 2.03 bits per heavy atom. The average molecular weight is 530 g/mol. The van der Waals surface area contributed by atoms with Crippen molar-refractivity contribution >= 4 is 23.0 Å². The molecule has 9 heteroatoms. The van der Waals surface area contributed by atoms with Gasteiger partial charge in [0.1, 0.15) is 11.6 Å². The molecule has 1 atom stereocenters. The fraction of sp³-hybridized carbons (Fsp3) is 0.167. The molecule has 1 aliphatic rings. The van der Waals surface area contributed by atoms with Crippen LogP contribution in [-0.2, 0) is 25.9 Å². The van der Waals surface area contributed by atoms with Gasteiger partial charge in [0.25, 0.3) is 5.69 Å². The zero-order chi connectivity index (χ0) is 27.5. The van der Waals surface area contributed by atoms with Gasteiger partial charge in [-0.1, -0.05) is 30.3 Å². The first-order chi connectivity index (χ1) is 18.7. The summed E-state index contributed by atoms with van der Waals surface area (Å²) in [5, 5.41) is 23.7. The molecule has 4 aromatic carbocycles. The second-order valence-electron chi connectivity index (χ2n) is 9.62. The molecule has 0 saturated carbocycles. The monoisotopic (exact) mass is 529 g/mol. The Labute approximate surface area is 223 Å². The highest BCUT2D eigenvalue weighted by Crippen LogP contribution is 2.32. The van der Waals surface area contributed by atoms with E-state index in [4.69, 9.17) is 0 Å². The van der Waals surface area contributed by atoms with Crippen molar-refractivity contribution in [3.05, 3.63) is 134 Å². The van der Waals surface area contributed by atoms with Crippen molar-refractivity contribution in [2.45, 2.75) is 32.0 Å². The van der Waals surface area contributed by atoms with Crippen molar-refractivity contribution in [1.29, 1.82) is 0 Å². The molecule has 0 radical (unpaired) electrons. The van der Waals surface area contributed by atoms with Gasteiger partial charge < -0.3 is 10.4 Å². The fourth-order valence-electron chi connectivity index (χ4n) is 4.98. The number of aromatic carboxylic acids is 1. The van der Waals surface area contributed by atoms with Crippen molar-refractivity contribution in [2.75, 3.05) is 5.32 Å². The number of carboxylic acids is 1. The van der Waals surface area contributed by atoms with Crippen molar-refractivity contribution in [3.63, 3.8) is 0 Å². The lowest BCUT2D eigenvalue weighted by Crippen LogP contribution is -2.35. The third-order valence-electron chi connectivity index (χ3n) is 6.95. The molecule has 4 aromatic rings. The number of nitrogens with one attached hydrogen (secondary N) is 1. The first kappa shape index (κ1) is 26.0. The van der Waals surface area contributed by atoms with E-state index in [1.807, 2.05) is 18.2 Å². The molecule has 198 valence electrons. The molecule has 39 heavy (non-hydrogen) atoms. The maximum absolute atomic E-state index is 13.5. The highest BCUT2D eigenvalue weighted by molar-refractivity contribution is 5.96. The Morgan fingerprint density at radius 1 is 0.872 bits per heavy atom. The molecule has 0 aliphatic heterocycles. The van der Waals surface area contributed by atoms with Crippen LogP contribution < -0.4 is 5.32 Å². The Hall–Kier alpha value is -4.63. The standard InChI is InChI=1S/C30H25F2N3O4/c31-23-6-1-19(2-7-23)17-34(18-20-3-8-24(32)9-4-20)27-14-21-5-10-25(13-22(21)15-27)33-29-12-11-26(35(38)39)16-28(29)30(36)37/h1-13,16,27,33H,14-15,17-18H2,(H,36,37). The van der Waals surface area contributed by atoms with Crippen LogP contribution in [0.25, 0.3) is 0 Å². The van der Waals surface area contributed by atoms with Gasteiger partial charge in [-0.3, -0.25) is 15.0 Å².